The van der Waals surface area contributed by atoms with Gasteiger partial charge in [-0.25, -0.2) is 5.48 Å². The molecule has 1 aromatic carbocycles. The van der Waals surface area contributed by atoms with Crippen molar-refractivity contribution >= 4 is 17.5 Å². The maximum absolute atomic E-state index is 12.1. The van der Waals surface area contributed by atoms with Crippen molar-refractivity contribution in [2.75, 3.05) is 24.8 Å². The van der Waals surface area contributed by atoms with Gasteiger partial charge in [0, 0.05) is 24.7 Å². The van der Waals surface area contributed by atoms with Crippen molar-refractivity contribution in [3.05, 3.63) is 18.2 Å². The highest BCUT2D eigenvalue weighted by Gasteiger charge is 2.35. The number of hydroxylamine groups is 1. The fraction of sp³-hybridized carbons (Fsp3) is 0.429. The van der Waals surface area contributed by atoms with Gasteiger partial charge in [-0.2, -0.15) is 0 Å². The van der Waals surface area contributed by atoms with E-state index in [1.165, 1.54) is 0 Å². The number of benzene rings is 1. The summed E-state index contributed by atoms with van der Waals surface area (Å²) in [5.41, 5.74) is 3.05. The summed E-state index contributed by atoms with van der Waals surface area (Å²) in [5, 5.41) is 0. The first kappa shape index (κ1) is 13.7. The molecule has 0 unspecified atom stereocenters. The van der Waals surface area contributed by atoms with E-state index in [4.69, 9.17) is 14.3 Å². The molecule has 1 fully saturated rings. The summed E-state index contributed by atoms with van der Waals surface area (Å²) in [5.74, 6) is 0.506. The van der Waals surface area contributed by atoms with Crippen molar-refractivity contribution in [1.82, 2.24) is 5.48 Å². The normalized spacial score (nSPS) is 20.0. The molecule has 0 spiro atoms. The maximum Gasteiger partial charge on any atom is 0.248 e. The lowest BCUT2D eigenvalue weighted by atomic mass is 10.1. The molecule has 2 amide bonds. The largest absolute Gasteiger partial charge is 0.454 e. The van der Waals surface area contributed by atoms with Crippen molar-refractivity contribution < 1.29 is 23.9 Å². The van der Waals surface area contributed by atoms with Gasteiger partial charge in [0.2, 0.25) is 18.6 Å². The molecule has 112 valence electrons. The second kappa shape index (κ2) is 5.61. The minimum atomic E-state index is -0.408. The highest BCUT2D eigenvalue weighted by atomic mass is 16.7. The van der Waals surface area contributed by atoms with E-state index in [0.717, 1.165) is 0 Å². The molecule has 7 heteroatoms. The molecule has 1 saturated heterocycles. The molecule has 1 atom stereocenters. The van der Waals surface area contributed by atoms with Gasteiger partial charge in [-0.15, -0.1) is 0 Å². The van der Waals surface area contributed by atoms with E-state index in [-0.39, 0.29) is 25.0 Å². The van der Waals surface area contributed by atoms with E-state index in [0.29, 0.717) is 30.3 Å². The number of hydrogen-bond acceptors (Lipinski definition) is 5. The third kappa shape index (κ3) is 2.64. The SMILES string of the molecule is CCONC(=O)[C@@H]1CC(=O)N(c2ccc3c(c2)OCO3)C1. The third-order valence-electron chi connectivity index (χ3n) is 3.48. The highest BCUT2D eigenvalue weighted by molar-refractivity contribution is 6.00. The Kier molecular flexibility index (Phi) is 3.66. The van der Waals surface area contributed by atoms with Crippen LogP contribution < -0.4 is 19.9 Å². The molecular formula is C14H16N2O5. The number of ether oxygens (including phenoxy) is 2. The van der Waals surface area contributed by atoms with E-state index in [2.05, 4.69) is 5.48 Å². The smallest absolute Gasteiger partial charge is 0.248 e. The monoisotopic (exact) mass is 292 g/mol. The fourth-order valence-corrected chi connectivity index (χ4v) is 2.41. The number of nitrogens with one attached hydrogen (secondary N) is 1. The van der Waals surface area contributed by atoms with Gasteiger partial charge < -0.3 is 14.4 Å². The molecule has 0 saturated carbocycles. The Morgan fingerprint density at radius 3 is 3.05 bits per heavy atom. The van der Waals surface area contributed by atoms with Crippen molar-refractivity contribution in [1.29, 1.82) is 0 Å². The topological polar surface area (TPSA) is 77.1 Å². The number of carbonyl (C=O) groups excluding carboxylic acids is 2. The van der Waals surface area contributed by atoms with E-state index < -0.39 is 5.92 Å². The molecule has 0 radical (unpaired) electrons. The summed E-state index contributed by atoms with van der Waals surface area (Å²) in [6, 6.07) is 5.30. The summed E-state index contributed by atoms with van der Waals surface area (Å²) in [6.07, 6.45) is 0.174. The average molecular weight is 292 g/mol. The van der Waals surface area contributed by atoms with Crippen LogP contribution in [-0.4, -0.2) is 31.8 Å². The predicted molar refractivity (Wildman–Crippen MR) is 72.8 cm³/mol. The Balaban J connectivity index is 1.72. The molecule has 2 aliphatic rings. The molecule has 2 aliphatic heterocycles. The molecule has 0 aromatic heterocycles. The van der Waals surface area contributed by atoms with Gasteiger partial charge in [0.25, 0.3) is 0 Å². The van der Waals surface area contributed by atoms with Crippen molar-refractivity contribution in [2.24, 2.45) is 5.92 Å². The van der Waals surface area contributed by atoms with E-state index in [9.17, 15) is 9.59 Å². The summed E-state index contributed by atoms with van der Waals surface area (Å²) in [4.78, 5) is 30.4. The van der Waals surface area contributed by atoms with Crippen LogP contribution in [0.25, 0.3) is 0 Å². The van der Waals surface area contributed by atoms with Gasteiger partial charge >= 0.3 is 0 Å². The first-order valence-electron chi connectivity index (χ1n) is 6.80. The van der Waals surface area contributed by atoms with Gasteiger partial charge in [0.15, 0.2) is 11.5 Å². The number of fused-ring (bicyclic) bond motifs is 1. The van der Waals surface area contributed by atoms with Crippen LogP contribution in [0, 0.1) is 5.92 Å². The van der Waals surface area contributed by atoms with Crippen LogP contribution in [0.3, 0.4) is 0 Å². The number of hydrogen-bond donors (Lipinski definition) is 1. The minimum absolute atomic E-state index is 0.0921. The zero-order valence-corrected chi connectivity index (χ0v) is 11.6. The van der Waals surface area contributed by atoms with Crippen LogP contribution in [0.5, 0.6) is 11.5 Å². The molecule has 1 aromatic rings. The average Bonchev–Trinajstić information content (AvgIpc) is 3.10. The Morgan fingerprint density at radius 2 is 2.24 bits per heavy atom. The van der Waals surface area contributed by atoms with Gasteiger partial charge in [0.1, 0.15) is 0 Å². The number of rotatable bonds is 4. The lowest BCUT2D eigenvalue weighted by Gasteiger charge is -2.17. The summed E-state index contributed by atoms with van der Waals surface area (Å²) in [7, 11) is 0. The first-order valence-corrected chi connectivity index (χ1v) is 6.80. The zero-order valence-electron chi connectivity index (χ0n) is 11.6. The van der Waals surface area contributed by atoms with Gasteiger partial charge in [-0.1, -0.05) is 0 Å². The molecule has 1 N–H and O–H groups in total. The number of nitrogens with zero attached hydrogens (tertiary/aromatic N) is 1. The number of carbonyl (C=O) groups is 2. The summed E-state index contributed by atoms with van der Waals surface area (Å²) >= 11 is 0. The van der Waals surface area contributed by atoms with Crippen LogP contribution >= 0.6 is 0 Å². The molecule has 7 nitrogen and oxygen atoms in total. The maximum atomic E-state index is 12.1. The van der Waals surface area contributed by atoms with Crippen LogP contribution in [0.4, 0.5) is 5.69 Å². The first-order chi connectivity index (χ1) is 10.2. The summed E-state index contributed by atoms with van der Waals surface area (Å²) < 4.78 is 10.5. The zero-order chi connectivity index (χ0) is 14.8. The Labute approximate surface area is 121 Å². The Bertz CT molecular complexity index is 574. The standard InChI is InChI=1S/C14H16N2O5/c1-2-21-15-14(18)9-5-13(17)16(7-9)10-3-4-11-12(6-10)20-8-19-11/h3-4,6,9H,2,5,7-8H2,1H3,(H,15,18)/t9-/m1/s1. The van der Waals surface area contributed by atoms with E-state index >= 15 is 0 Å². The highest BCUT2D eigenvalue weighted by Crippen LogP contribution is 2.37. The van der Waals surface area contributed by atoms with E-state index in [1.54, 1.807) is 30.0 Å². The number of amides is 2. The van der Waals surface area contributed by atoms with Crippen molar-refractivity contribution in [3.63, 3.8) is 0 Å². The van der Waals surface area contributed by atoms with Crippen LogP contribution in [0.2, 0.25) is 0 Å². The Hall–Kier alpha value is -2.28. The van der Waals surface area contributed by atoms with Gasteiger partial charge in [-0.3, -0.25) is 14.4 Å². The molecule has 21 heavy (non-hydrogen) atoms. The second-order valence-corrected chi connectivity index (χ2v) is 4.84. The van der Waals surface area contributed by atoms with Crippen LogP contribution in [0.1, 0.15) is 13.3 Å². The van der Waals surface area contributed by atoms with Crippen molar-refractivity contribution in [3.8, 4) is 11.5 Å². The van der Waals surface area contributed by atoms with Crippen LogP contribution in [0.15, 0.2) is 18.2 Å². The van der Waals surface area contributed by atoms with Gasteiger partial charge in [-0.05, 0) is 19.1 Å². The number of anilines is 1. The Morgan fingerprint density at radius 1 is 1.43 bits per heavy atom. The lowest BCUT2D eigenvalue weighted by Crippen LogP contribution is -2.33. The predicted octanol–water partition coefficient (Wildman–Crippen LogP) is 0.836. The van der Waals surface area contributed by atoms with E-state index in [1.807, 2.05) is 0 Å². The van der Waals surface area contributed by atoms with Crippen molar-refractivity contribution in [2.45, 2.75) is 13.3 Å². The van der Waals surface area contributed by atoms with Crippen LogP contribution in [-0.2, 0) is 14.4 Å². The van der Waals surface area contributed by atoms with Gasteiger partial charge in [0.05, 0.1) is 12.5 Å². The minimum Gasteiger partial charge on any atom is -0.454 e. The lowest BCUT2D eigenvalue weighted by molar-refractivity contribution is -0.137. The molecule has 3 rings (SSSR count). The molecule has 2 heterocycles. The fourth-order valence-electron chi connectivity index (χ4n) is 2.41. The quantitative estimate of drug-likeness (QED) is 0.832. The summed E-state index contributed by atoms with van der Waals surface area (Å²) in [6.45, 7) is 2.68. The molecule has 0 bridgehead atoms. The second-order valence-electron chi connectivity index (χ2n) is 4.84. The molecule has 0 aliphatic carbocycles. The molecular weight excluding hydrogens is 276 g/mol. The third-order valence-corrected chi connectivity index (χ3v) is 3.48.